The lowest BCUT2D eigenvalue weighted by Gasteiger charge is -2.07. The third-order valence-electron chi connectivity index (χ3n) is 2.76. The third kappa shape index (κ3) is 1.85. The summed E-state index contributed by atoms with van der Waals surface area (Å²) in [5, 5.41) is 13.9. The van der Waals surface area contributed by atoms with Crippen molar-refractivity contribution in [2.24, 2.45) is 0 Å². The number of benzene rings is 1. The van der Waals surface area contributed by atoms with Crippen LogP contribution in [0, 0.1) is 0 Å². The van der Waals surface area contributed by atoms with Crippen LogP contribution in [-0.4, -0.2) is 32.2 Å². The SMILES string of the molecule is CCOc1cccc2c(=O)c(-c3nn[nH]n3)c[nH]c12. The molecule has 0 saturated heterocycles. The first-order valence-corrected chi connectivity index (χ1v) is 5.82. The van der Waals surface area contributed by atoms with Gasteiger partial charge in [-0.15, -0.1) is 10.2 Å². The summed E-state index contributed by atoms with van der Waals surface area (Å²) in [6.45, 7) is 2.43. The number of nitrogens with zero attached hydrogens (tertiary/aromatic N) is 3. The molecule has 0 atom stereocenters. The van der Waals surface area contributed by atoms with Gasteiger partial charge in [0.05, 0.1) is 23.1 Å². The van der Waals surface area contributed by atoms with Crippen molar-refractivity contribution in [1.29, 1.82) is 0 Å². The van der Waals surface area contributed by atoms with Crippen LogP contribution >= 0.6 is 0 Å². The highest BCUT2D eigenvalue weighted by Gasteiger charge is 2.12. The van der Waals surface area contributed by atoms with E-state index in [1.165, 1.54) is 0 Å². The number of aromatic nitrogens is 5. The number of hydrogen-bond donors (Lipinski definition) is 2. The van der Waals surface area contributed by atoms with Crippen LogP contribution in [0.1, 0.15) is 6.92 Å². The molecule has 3 rings (SSSR count). The Morgan fingerprint density at radius 1 is 1.37 bits per heavy atom. The molecule has 19 heavy (non-hydrogen) atoms. The predicted octanol–water partition coefficient (Wildman–Crippen LogP) is 1.11. The zero-order valence-corrected chi connectivity index (χ0v) is 10.2. The van der Waals surface area contributed by atoms with Gasteiger partial charge in [-0.25, -0.2) is 0 Å². The van der Waals surface area contributed by atoms with Crippen molar-refractivity contribution in [3.63, 3.8) is 0 Å². The molecule has 2 N–H and O–H groups in total. The average molecular weight is 257 g/mol. The molecule has 1 aromatic carbocycles. The molecule has 7 nitrogen and oxygen atoms in total. The molecule has 0 spiro atoms. The van der Waals surface area contributed by atoms with Gasteiger partial charge < -0.3 is 9.72 Å². The Bertz CT molecular complexity index is 763. The van der Waals surface area contributed by atoms with E-state index >= 15 is 0 Å². The minimum Gasteiger partial charge on any atom is -0.492 e. The second-order valence-electron chi connectivity index (χ2n) is 3.88. The lowest BCUT2D eigenvalue weighted by atomic mass is 10.1. The van der Waals surface area contributed by atoms with E-state index in [1.54, 1.807) is 18.3 Å². The number of aromatic amines is 2. The Labute approximate surface area is 107 Å². The van der Waals surface area contributed by atoms with Crippen LogP contribution in [-0.2, 0) is 0 Å². The summed E-state index contributed by atoms with van der Waals surface area (Å²) < 4.78 is 5.48. The van der Waals surface area contributed by atoms with E-state index in [4.69, 9.17) is 4.74 Å². The summed E-state index contributed by atoms with van der Waals surface area (Å²) >= 11 is 0. The number of tetrazole rings is 1. The number of nitrogens with one attached hydrogen (secondary N) is 2. The van der Waals surface area contributed by atoms with Crippen LogP contribution < -0.4 is 10.2 Å². The number of hydrogen-bond acceptors (Lipinski definition) is 5. The Balaban J connectivity index is 2.26. The van der Waals surface area contributed by atoms with Crippen molar-refractivity contribution >= 4 is 10.9 Å². The highest BCUT2D eigenvalue weighted by atomic mass is 16.5. The number of pyridine rings is 1. The maximum Gasteiger partial charge on any atom is 0.210 e. The van der Waals surface area contributed by atoms with E-state index in [9.17, 15) is 4.79 Å². The van der Waals surface area contributed by atoms with Gasteiger partial charge in [0.15, 0.2) is 0 Å². The van der Waals surface area contributed by atoms with Crippen molar-refractivity contribution in [3.05, 3.63) is 34.6 Å². The summed E-state index contributed by atoms with van der Waals surface area (Å²) in [6.07, 6.45) is 1.57. The first-order chi connectivity index (χ1) is 9.31. The fourth-order valence-corrected chi connectivity index (χ4v) is 1.94. The summed E-state index contributed by atoms with van der Waals surface area (Å²) in [7, 11) is 0. The summed E-state index contributed by atoms with van der Waals surface area (Å²) in [5.41, 5.74) is 0.883. The maximum absolute atomic E-state index is 12.4. The second kappa shape index (κ2) is 4.52. The van der Waals surface area contributed by atoms with Gasteiger partial charge in [0, 0.05) is 6.20 Å². The monoisotopic (exact) mass is 257 g/mol. The second-order valence-corrected chi connectivity index (χ2v) is 3.88. The maximum atomic E-state index is 12.4. The van der Waals surface area contributed by atoms with Crippen LogP contribution in [0.4, 0.5) is 0 Å². The standard InChI is InChI=1S/C12H11N5O2/c1-2-19-9-5-3-4-7-10(9)13-6-8(11(7)18)12-14-16-17-15-12/h3-6H,2H2,1H3,(H,13,18)(H,14,15,16,17). The van der Waals surface area contributed by atoms with Crippen LogP contribution in [0.3, 0.4) is 0 Å². The molecular weight excluding hydrogens is 246 g/mol. The molecule has 0 amide bonds. The van der Waals surface area contributed by atoms with E-state index in [-0.39, 0.29) is 11.3 Å². The van der Waals surface area contributed by atoms with Crippen LogP contribution in [0.15, 0.2) is 29.2 Å². The molecule has 0 radical (unpaired) electrons. The molecule has 0 aliphatic heterocycles. The summed E-state index contributed by atoms with van der Waals surface area (Å²) in [6, 6.07) is 5.33. The van der Waals surface area contributed by atoms with Crippen LogP contribution in [0.25, 0.3) is 22.3 Å². The molecule has 2 aromatic heterocycles. The molecule has 2 heterocycles. The Kier molecular flexibility index (Phi) is 2.71. The molecule has 0 fully saturated rings. The molecule has 0 saturated carbocycles. The van der Waals surface area contributed by atoms with Gasteiger partial charge in [0.2, 0.25) is 11.3 Å². The predicted molar refractivity (Wildman–Crippen MR) is 68.9 cm³/mol. The largest absolute Gasteiger partial charge is 0.492 e. The highest BCUT2D eigenvalue weighted by Crippen LogP contribution is 2.22. The number of para-hydroxylation sites is 1. The normalized spacial score (nSPS) is 10.8. The Hall–Kier alpha value is -2.70. The van der Waals surface area contributed by atoms with Gasteiger partial charge >= 0.3 is 0 Å². The van der Waals surface area contributed by atoms with Gasteiger partial charge in [0.1, 0.15) is 5.75 Å². The zero-order chi connectivity index (χ0) is 13.2. The summed E-state index contributed by atoms with van der Waals surface area (Å²) in [4.78, 5) is 15.4. The molecule has 0 bridgehead atoms. The number of H-pyrrole nitrogens is 2. The van der Waals surface area contributed by atoms with E-state index in [0.717, 1.165) is 0 Å². The average Bonchev–Trinajstić information content (AvgIpc) is 2.94. The Morgan fingerprint density at radius 2 is 2.26 bits per heavy atom. The number of fused-ring (bicyclic) bond motifs is 1. The van der Waals surface area contributed by atoms with Gasteiger partial charge in [0.25, 0.3) is 0 Å². The van der Waals surface area contributed by atoms with Crippen molar-refractivity contribution < 1.29 is 4.74 Å². The fourth-order valence-electron chi connectivity index (χ4n) is 1.94. The lowest BCUT2D eigenvalue weighted by molar-refractivity contribution is 0.343. The van der Waals surface area contributed by atoms with E-state index in [0.29, 0.717) is 28.8 Å². The van der Waals surface area contributed by atoms with Crippen molar-refractivity contribution in [2.75, 3.05) is 6.61 Å². The fraction of sp³-hybridized carbons (Fsp3) is 0.167. The summed E-state index contributed by atoms with van der Waals surface area (Å²) in [5.74, 6) is 0.918. The molecule has 96 valence electrons. The first-order valence-electron chi connectivity index (χ1n) is 5.82. The molecule has 0 unspecified atom stereocenters. The molecule has 7 heteroatoms. The topological polar surface area (TPSA) is 96.6 Å². The number of rotatable bonds is 3. The Morgan fingerprint density at radius 3 is 3.00 bits per heavy atom. The zero-order valence-electron chi connectivity index (χ0n) is 10.2. The van der Waals surface area contributed by atoms with Gasteiger partial charge in [-0.3, -0.25) is 4.79 Å². The minimum atomic E-state index is -0.156. The van der Waals surface area contributed by atoms with E-state index in [1.807, 2.05) is 13.0 Å². The van der Waals surface area contributed by atoms with Gasteiger partial charge in [-0.1, -0.05) is 6.07 Å². The molecular formula is C12H11N5O2. The van der Waals surface area contributed by atoms with Crippen LogP contribution in [0.5, 0.6) is 5.75 Å². The van der Waals surface area contributed by atoms with Crippen LogP contribution in [0.2, 0.25) is 0 Å². The molecule has 0 aliphatic carbocycles. The first kappa shape index (κ1) is 11.4. The molecule has 0 aliphatic rings. The smallest absolute Gasteiger partial charge is 0.210 e. The highest BCUT2D eigenvalue weighted by molar-refractivity contribution is 5.87. The van der Waals surface area contributed by atoms with E-state index < -0.39 is 0 Å². The van der Waals surface area contributed by atoms with Crippen molar-refractivity contribution in [3.8, 4) is 17.1 Å². The van der Waals surface area contributed by atoms with E-state index in [2.05, 4.69) is 25.6 Å². The van der Waals surface area contributed by atoms with Gasteiger partial charge in [-0.2, -0.15) is 5.21 Å². The van der Waals surface area contributed by atoms with Crippen molar-refractivity contribution in [1.82, 2.24) is 25.6 Å². The van der Waals surface area contributed by atoms with Gasteiger partial charge in [-0.05, 0) is 24.3 Å². The third-order valence-corrected chi connectivity index (χ3v) is 2.76. The lowest BCUT2D eigenvalue weighted by Crippen LogP contribution is -2.08. The molecule has 3 aromatic rings. The minimum absolute atomic E-state index is 0.156. The van der Waals surface area contributed by atoms with Crippen molar-refractivity contribution in [2.45, 2.75) is 6.92 Å². The quantitative estimate of drug-likeness (QED) is 0.732. The number of ether oxygens (including phenoxy) is 1.